The number of hydrogen-bond acceptors (Lipinski definition) is 3. The molecule has 0 aromatic heterocycles. The number of ether oxygens (including phenoxy) is 1. The van der Waals surface area contributed by atoms with Crippen molar-refractivity contribution < 1.29 is 9.53 Å². The van der Waals surface area contributed by atoms with Crippen LogP contribution >= 0.6 is 15.9 Å². The minimum absolute atomic E-state index is 0.0338. The molecule has 0 fully saturated rings. The molecule has 0 bridgehead atoms. The molecule has 1 unspecified atom stereocenters. The summed E-state index contributed by atoms with van der Waals surface area (Å²) in [5, 5.41) is 6.15. The van der Waals surface area contributed by atoms with E-state index in [9.17, 15) is 4.79 Å². The molecule has 0 heterocycles. The summed E-state index contributed by atoms with van der Waals surface area (Å²) in [6.45, 7) is 7.71. The summed E-state index contributed by atoms with van der Waals surface area (Å²) in [6.07, 6.45) is 0.909. The van der Waals surface area contributed by atoms with Crippen molar-refractivity contribution in [1.29, 1.82) is 0 Å². The topological polar surface area (TPSA) is 50.4 Å². The summed E-state index contributed by atoms with van der Waals surface area (Å²) < 4.78 is 6.54. The number of carbonyl (C=O) groups is 1. The quantitative estimate of drug-likeness (QED) is 0.763. The maximum absolute atomic E-state index is 11.8. The molecule has 112 valence electrons. The number of halogens is 1. The maximum atomic E-state index is 11.8. The van der Waals surface area contributed by atoms with Crippen LogP contribution in [0.4, 0.5) is 0 Å². The van der Waals surface area contributed by atoms with Gasteiger partial charge in [0.15, 0.2) is 6.61 Å². The highest BCUT2D eigenvalue weighted by atomic mass is 79.9. The molecular weight excluding hydrogens is 320 g/mol. The molecular formula is C15H23BrN2O2. The minimum atomic E-state index is -0.0931. The van der Waals surface area contributed by atoms with Gasteiger partial charge in [-0.25, -0.2) is 0 Å². The third-order valence-electron chi connectivity index (χ3n) is 2.98. The Kier molecular flexibility index (Phi) is 7.62. The van der Waals surface area contributed by atoms with Crippen molar-refractivity contribution in [2.45, 2.75) is 39.8 Å². The summed E-state index contributed by atoms with van der Waals surface area (Å²) in [5.41, 5.74) is 1.04. The standard InChI is InChI=1S/C15H23BrN2O2/c1-4-11(3)18-14(19)10-20-15-12(9-17-5-2)7-6-8-13(15)16/h6-8,11,17H,4-5,9-10H2,1-3H3,(H,18,19). The van der Waals surface area contributed by atoms with Crippen LogP contribution in [0.5, 0.6) is 5.75 Å². The number of hydrogen-bond donors (Lipinski definition) is 2. The third kappa shape index (κ3) is 5.51. The molecule has 0 saturated heterocycles. The Hall–Kier alpha value is -1.07. The second-order valence-electron chi connectivity index (χ2n) is 4.67. The Morgan fingerprint density at radius 1 is 1.40 bits per heavy atom. The van der Waals surface area contributed by atoms with Gasteiger partial charge in [-0.3, -0.25) is 4.79 Å². The van der Waals surface area contributed by atoms with Gasteiger partial charge in [0, 0.05) is 18.2 Å². The molecule has 0 aliphatic heterocycles. The first-order valence-electron chi connectivity index (χ1n) is 6.98. The lowest BCUT2D eigenvalue weighted by molar-refractivity contribution is -0.123. The number of rotatable bonds is 8. The molecule has 1 rings (SSSR count). The lowest BCUT2D eigenvalue weighted by atomic mass is 10.2. The largest absolute Gasteiger partial charge is 0.482 e. The average molecular weight is 343 g/mol. The smallest absolute Gasteiger partial charge is 0.258 e. The highest BCUT2D eigenvalue weighted by molar-refractivity contribution is 9.10. The number of amides is 1. The fourth-order valence-corrected chi connectivity index (χ4v) is 2.19. The van der Waals surface area contributed by atoms with Crippen LogP contribution in [-0.2, 0) is 11.3 Å². The van der Waals surface area contributed by atoms with Gasteiger partial charge in [-0.05, 0) is 41.9 Å². The van der Waals surface area contributed by atoms with E-state index in [1.165, 1.54) is 0 Å². The Balaban J connectivity index is 2.64. The van der Waals surface area contributed by atoms with Crippen molar-refractivity contribution in [3.63, 3.8) is 0 Å². The first-order chi connectivity index (χ1) is 9.58. The average Bonchev–Trinajstić information content (AvgIpc) is 2.43. The zero-order chi connectivity index (χ0) is 15.0. The monoisotopic (exact) mass is 342 g/mol. The molecule has 0 spiro atoms. The predicted molar refractivity (Wildman–Crippen MR) is 84.9 cm³/mol. The van der Waals surface area contributed by atoms with E-state index in [0.29, 0.717) is 0 Å². The zero-order valence-corrected chi connectivity index (χ0v) is 13.9. The fraction of sp³-hybridized carbons (Fsp3) is 0.533. The van der Waals surface area contributed by atoms with Gasteiger partial charge >= 0.3 is 0 Å². The Morgan fingerprint density at radius 3 is 2.80 bits per heavy atom. The summed E-state index contributed by atoms with van der Waals surface area (Å²) in [4.78, 5) is 11.8. The highest BCUT2D eigenvalue weighted by Crippen LogP contribution is 2.29. The van der Waals surface area contributed by atoms with Crippen molar-refractivity contribution in [2.75, 3.05) is 13.2 Å². The molecule has 1 aromatic carbocycles. The molecule has 5 heteroatoms. The first kappa shape index (κ1) is 17.0. The van der Waals surface area contributed by atoms with Gasteiger partial charge in [-0.15, -0.1) is 0 Å². The summed E-state index contributed by atoms with van der Waals surface area (Å²) in [6, 6.07) is 6.04. The normalized spacial score (nSPS) is 12.0. The van der Waals surface area contributed by atoms with Crippen LogP contribution in [0.25, 0.3) is 0 Å². The van der Waals surface area contributed by atoms with Crippen LogP contribution < -0.4 is 15.4 Å². The van der Waals surface area contributed by atoms with E-state index < -0.39 is 0 Å². The Bertz CT molecular complexity index is 438. The molecule has 0 aliphatic carbocycles. The van der Waals surface area contributed by atoms with Gasteiger partial charge in [0.05, 0.1) is 4.47 Å². The van der Waals surface area contributed by atoms with E-state index >= 15 is 0 Å². The van der Waals surface area contributed by atoms with Gasteiger partial charge < -0.3 is 15.4 Å². The van der Waals surface area contributed by atoms with E-state index in [0.717, 1.165) is 35.3 Å². The third-order valence-corrected chi connectivity index (χ3v) is 3.61. The molecule has 1 atom stereocenters. The summed E-state index contributed by atoms with van der Waals surface area (Å²) in [5.74, 6) is 0.636. The van der Waals surface area contributed by atoms with E-state index in [-0.39, 0.29) is 18.6 Å². The van der Waals surface area contributed by atoms with E-state index in [1.54, 1.807) is 0 Å². The van der Waals surface area contributed by atoms with Gasteiger partial charge in [0.1, 0.15) is 5.75 Å². The Morgan fingerprint density at radius 2 is 2.15 bits per heavy atom. The Labute approximate surface area is 129 Å². The molecule has 1 aromatic rings. The number of para-hydroxylation sites is 1. The van der Waals surface area contributed by atoms with Crippen LogP contribution in [0.3, 0.4) is 0 Å². The predicted octanol–water partition coefficient (Wildman–Crippen LogP) is 2.85. The molecule has 0 saturated carbocycles. The van der Waals surface area contributed by atoms with Gasteiger partial charge in [0.2, 0.25) is 0 Å². The van der Waals surface area contributed by atoms with E-state index in [4.69, 9.17) is 4.74 Å². The lowest BCUT2D eigenvalue weighted by Gasteiger charge is -2.15. The van der Waals surface area contributed by atoms with Crippen molar-refractivity contribution in [3.8, 4) is 5.75 Å². The zero-order valence-electron chi connectivity index (χ0n) is 12.3. The molecule has 2 N–H and O–H groups in total. The molecule has 0 aliphatic rings. The van der Waals surface area contributed by atoms with Crippen molar-refractivity contribution >= 4 is 21.8 Å². The highest BCUT2D eigenvalue weighted by Gasteiger charge is 2.11. The number of carbonyl (C=O) groups excluding carboxylic acids is 1. The second kappa shape index (κ2) is 8.97. The second-order valence-corrected chi connectivity index (χ2v) is 5.53. The van der Waals surface area contributed by atoms with Crippen LogP contribution in [0, 0.1) is 0 Å². The van der Waals surface area contributed by atoms with Crippen molar-refractivity contribution in [2.24, 2.45) is 0 Å². The van der Waals surface area contributed by atoms with Crippen LogP contribution in [0.1, 0.15) is 32.8 Å². The molecule has 1 amide bonds. The number of benzene rings is 1. The number of nitrogens with one attached hydrogen (secondary N) is 2. The van der Waals surface area contributed by atoms with Gasteiger partial charge in [-0.2, -0.15) is 0 Å². The first-order valence-corrected chi connectivity index (χ1v) is 7.78. The molecule has 4 nitrogen and oxygen atoms in total. The van der Waals surface area contributed by atoms with Gasteiger partial charge in [0.25, 0.3) is 5.91 Å². The van der Waals surface area contributed by atoms with E-state index in [2.05, 4.69) is 33.5 Å². The molecule has 20 heavy (non-hydrogen) atoms. The van der Waals surface area contributed by atoms with Crippen molar-refractivity contribution in [1.82, 2.24) is 10.6 Å². The van der Waals surface area contributed by atoms with E-state index in [1.807, 2.05) is 32.0 Å². The SMILES string of the molecule is CCNCc1cccc(Br)c1OCC(=O)NC(C)CC. The van der Waals surface area contributed by atoms with Crippen LogP contribution in [0.2, 0.25) is 0 Å². The minimum Gasteiger partial charge on any atom is -0.482 e. The van der Waals surface area contributed by atoms with Crippen molar-refractivity contribution in [3.05, 3.63) is 28.2 Å². The summed E-state index contributed by atoms with van der Waals surface area (Å²) in [7, 11) is 0. The van der Waals surface area contributed by atoms with Crippen LogP contribution in [0.15, 0.2) is 22.7 Å². The van der Waals surface area contributed by atoms with Gasteiger partial charge in [-0.1, -0.05) is 26.0 Å². The van der Waals surface area contributed by atoms with Crippen LogP contribution in [-0.4, -0.2) is 25.1 Å². The fourth-order valence-electron chi connectivity index (χ4n) is 1.67. The summed E-state index contributed by atoms with van der Waals surface area (Å²) >= 11 is 3.47. The molecule has 0 radical (unpaired) electrons. The maximum Gasteiger partial charge on any atom is 0.258 e. The lowest BCUT2D eigenvalue weighted by Crippen LogP contribution is -2.35.